The van der Waals surface area contributed by atoms with Gasteiger partial charge >= 0.3 is 6.03 Å². The maximum absolute atomic E-state index is 11.5. The first-order valence-electron chi connectivity index (χ1n) is 4.93. The Bertz CT molecular complexity index is 501. The maximum Gasteiger partial charge on any atom is 0.320 e. The van der Waals surface area contributed by atoms with Crippen molar-refractivity contribution in [3.63, 3.8) is 0 Å². The van der Waals surface area contributed by atoms with Gasteiger partial charge in [-0.3, -0.25) is 5.32 Å². The van der Waals surface area contributed by atoms with Crippen LogP contribution in [0.4, 0.5) is 10.6 Å². The zero-order chi connectivity index (χ0) is 12.1. The lowest BCUT2D eigenvalue weighted by Gasteiger charge is -2.05. The molecule has 0 unspecified atom stereocenters. The Morgan fingerprint density at radius 2 is 2.35 bits per heavy atom. The first-order chi connectivity index (χ1) is 8.24. The predicted molar refractivity (Wildman–Crippen MR) is 69.4 cm³/mol. The molecule has 17 heavy (non-hydrogen) atoms. The first-order valence-corrected chi connectivity index (χ1v) is 6.18. The number of nitrogens with one attached hydrogen (secondary N) is 2. The fourth-order valence-electron chi connectivity index (χ4n) is 1.21. The Morgan fingerprint density at radius 1 is 1.47 bits per heavy atom. The van der Waals surface area contributed by atoms with E-state index in [2.05, 4.69) is 15.6 Å². The summed E-state index contributed by atoms with van der Waals surface area (Å²) in [6, 6.07) is 6.84. The number of urea groups is 1. The lowest BCUT2D eigenvalue weighted by molar-refractivity contribution is 0.252. The molecule has 0 bridgehead atoms. The second-order valence-electron chi connectivity index (χ2n) is 3.25. The van der Waals surface area contributed by atoms with Crippen LogP contribution in [0.15, 0.2) is 35.8 Å². The summed E-state index contributed by atoms with van der Waals surface area (Å²) in [6.07, 6.45) is 1.54. The third-order valence-corrected chi connectivity index (χ3v) is 3.08. The minimum Gasteiger partial charge on any atom is -0.333 e. The van der Waals surface area contributed by atoms with Gasteiger partial charge in [0.1, 0.15) is 5.82 Å². The third kappa shape index (κ3) is 3.72. The summed E-state index contributed by atoms with van der Waals surface area (Å²) in [5, 5.41) is 7.84. The molecule has 0 aliphatic rings. The number of carbonyl (C=O) groups is 1. The van der Waals surface area contributed by atoms with E-state index in [1.54, 1.807) is 23.5 Å². The summed E-state index contributed by atoms with van der Waals surface area (Å²) >= 11 is 7.37. The Kier molecular flexibility index (Phi) is 3.95. The highest BCUT2D eigenvalue weighted by atomic mass is 35.5. The second-order valence-corrected chi connectivity index (χ2v) is 4.72. The topological polar surface area (TPSA) is 54.0 Å². The zero-order valence-corrected chi connectivity index (χ0v) is 10.4. The molecule has 0 aliphatic heterocycles. The minimum atomic E-state index is -0.298. The highest BCUT2D eigenvalue weighted by molar-refractivity contribution is 7.09. The lowest BCUT2D eigenvalue weighted by atomic mass is 10.4. The van der Waals surface area contributed by atoms with E-state index < -0.39 is 0 Å². The fraction of sp³-hybridized carbons (Fsp3) is 0.0909. The van der Waals surface area contributed by atoms with Crippen LogP contribution < -0.4 is 10.6 Å². The van der Waals surface area contributed by atoms with E-state index >= 15 is 0 Å². The average molecular weight is 268 g/mol. The number of anilines is 1. The van der Waals surface area contributed by atoms with Gasteiger partial charge in [-0.2, -0.15) is 0 Å². The number of amides is 2. The molecule has 2 amide bonds. The number of hydrogen-bond acceptors (Lipinski definition) is 3. The molecule has 0 saturated carbocycles. The lowest BCUT2D eigenvalue weighted by Crippen LogP contribution is -2.28. The summed E-state index contributed by atoms with van der Waals surface area (Å²) in [4.78, 5) is 16.6. The summed E-state index contributed by atoms with van der Waals surface area (Å²) in [6.45, 7) is 0.504. The zero-order valence-electron chi connectivity index (χ0n) is 8.81. The predicted octanol–water partition coefficient (Wildman–Crippen LogP) is 3.12. The molecule has 88 valence electrons. The first kappa shape index (κ1) is 11.9. The summed E-state index contributed by atoms with van der Waals surface area (Å²) in [5.41, 5.74) is 0. The Labute approximate surface area is 108 Å². The van der Waals surface area contributed by atoms with Crippen molar-refractivity contribution in [1.29, 1.82) is 0 Å². The number of aromatic nitrogens is 1. The van der Waals surface area contributed by atoms with E-state index in [4.69, 9.17) is 11.6 Å². The van der Waals surface area contributed by atoms with Crippen molar-refractivity contribution in [2.45, 2.75) is 6.54 Å². The molecule has 6 heteroatoms. The standard InChI is InChI=1S/C11H10ClN3OS/c12-8-3-4-13-10(6-8)15-11(16)14-7-9-2-1-5-17-9/h1-6H,7H2,(H2,13,14,15,16). The van der Waals surface area contributed by atoms with Crippen molar-refractivity contribution in [3.8, 4) is 0 Å². The minimum absolute atomic E-state index is 0.298. The van der Waals surface area contributed by atoms with Gasteiger partial charge in [0.05, 0.1) is 6.54 Å². The van der Waals surface area contributed by atoms with Crippen LogP contribution in [0.1, 0.15) is 4.88 Å². The summed E-state index contributed by atoms with van der Waals surface area (Å²) in [7, 11) is 0. The van der Waals surface area contributed by atoms with Gasteiger partial charge < -0.3 is 5.32 Å². The van der Waals surface area contributed by atoms with Crippen molar-refractivity contribution in [1.82, 2.24) is 10.3 Å². The summed E-state index contributed by atoms with van der Waals surface area (Å²) in [5.74, 6) is 0.432. The van der Waals surface area contributed by atoms with Gasteiger partial charge in [-0.1, -0.05) is 17.7 Å². The third-order valence-electron chi connectivity index (χ3n) is 1.97. The molecule has 0 aliphatic carbocycles. The van der Waals surface area contributed by atoms with Gasteiger partial charge in [-0.05, 0) is 23.6 Å². The fourth-order valence-corrected chi connectivity index (χ4v) is 2.02. The molecule has 0 atom stereocenters. The van der Waals surface area contributed by atoms with Crippen molar-refractivity contribution in [3.05, 3.63) is 45.7 Å². The van der Waals surface area contributed by atoms with Crippen molar-refractivity contribution in [2.24, 2.45) is 0 Å². The number of rotatable bonds is 3. The van der Waals surface area contributed by atoms with Crippen LogP contribution in [-0.4, -0.2) is 11.0 Å². The molecule has 0 radical (unpaired) electrons. The smallest absolute Gasteiger partial charge is 0.320 e. The van der Waals surface area contributed by atoms with Crippen molar-refractivity contribution >= 4 is 34.8 Å². The molecule has 2 aromatic rings. The van der Waals surface area contributed by atoms with Gasteiger partial charge in [-0.25, -0.2) is 9.78 Å². The number of halogens is 1. The second kappa shape index (κ2) is 5.65. The Hall–Kier alpha value is -1.59. The molecule has 0 aromatic carbocycles. The van der Waals surface area contributed by atoms with Gasteiger partial charge in [-0.15, -0.1) is 11.3 Å². The van der Waals surface area contributed by atoms with Gasteiger partial charge in [0, 0.05) is 16.1 Å². The van der Waals surface area contributed by atoms with Gasteiger partial charge in [0.15, 0.2) is 0 Å². The largest absolute Gasteiger partial charge is 0.333 e. The Morgan fingerprint density at radius 3 is 3.06 bits per heavy atom. The molecule has 2 heterocycles. The molecule has 0 saturated heterocycles. The van der Waals surface area contributed by atoms with Crippen molar-refractivity contribution < 1.29 is 4.79 Å². The van der Waals surface area contributed by atoms with Crippen LogP contribution in [0, 0.1) is 0 Å². The van der Waals surface area contributed by atoms with E-state index in [-0.39, 0.29) is 6.03 Å². The molecular weight excluding hydrogens is 258 g/mol. The van der Waals surface area contributed by atoms with E-state index in [0.29, 0.717) is 17.4 Å². The van der Waals surface area contributed by atoms with Crippen LogP contribution in [0.25, 0.3) is 0 Å². The van der Waals surface area contributed by atoms with E-state index in [1.807, 2.05) is 17.5 Å². The number of pyridine rings is 1. The molecule has 2 rings (SSSR count). The number of carbonyl (C=O) groups excluding carboxylic acids is 1. The van der Waals surface area contributed by atoms with Crippen LogP contribution in [0.5, 0.6) is 0 Å². The highest BCUT2D eigenvalue weighted by Gasteiger charge is 2.03. The quantitative estimate of drug-likeness (QED) is 0.898. The maximum atomic E-state index is 11.5. The van der Waals surface area contributed by atoms with Crippen molar-refractivity contribution in [2.75, 3.05) is 5.32 Å². The molecule has 4 nitrogen and oxygen atoms in total. The monoisotopic (exact) mass is 267 g/mol. The van der Waals surface area contributed by atoms with Gasteiger partial charge in [0.2, 0.25) is 0 Å². The number of nitrogens with zero attached hydrogens (tertiary/aromatic N) is 1. The molecule has 0 spiro atoms. The van der Waals surface area contributed by atoms with Crippen LogP contribution in [-0.2, 0) is 6.54 Å². The van der Waals surface area contributed by atoms with Gasteiger partial charge in [0.25, 0.3) is 0 Å². The molecule has 0 fully saturated rings. The Balaban J connectivity index is 1.85. The molecular formula is C11H10ClN3OS. The highest BCUT2D eigenvalue weighted by Crippen LogP contribution is 2.11. The van der Waals surface area contributed by atoms with E-state index in [9.17, 15) is 4.79 Å². The average Bonchev–Trinajstić information content (AvgIpc) is 2.79. The normalized spacial score (nSPS) is 9.94. The molecule has 2 N–H and O–H groups in total. The van der Waals surface area contributed by atoms with Crippen LogP contribution in [0.2, 0.25) is 5.02 Å². The van der Waals surface area contributed by atoms with E-state index in [0.717, 1.165) is 4.88 Å². The van der Waals surface area contributed by atoms with Crippen LogP contribution >= 0.6 is 22.9 Å². The summed E-state index contributed by atoms with van der Waals surface area (Å²) < 4.78 is 0. The van der Waals surface area contributed by atoms with Crippen LogP contribution in [0.3, 0.4) is 0 Å². The van der Waals surface area contributed by atoms with E-state index in [1.165, 1.54) is 6.20 Å². The molecule has 2 aromatic heterocycles. The number of thiophene rings is 1. The number of hydrogen-bond donors (Lipinski definition) is 2. The SMILES string of the molecule is O=C(NCc1cccs1)Nc1cc(Cl)ccn1.